The first kappa shape index (κ1) is 10.3. The van der Waals surface area contributed by atoms with E-state index in [-0.39, 0.29) is 18.3 Å². The van der Waals surface area contributed by atoms with Crippen molar-refractivity contribution in [3.05, 3.63) is 0 Å². The number of nitrogens with one attached hydrogen (secondary N) is 1. The number of hydrogen-bond donors (Lipinski definition) is 1. The van der Waals surface area contributed by atoms with Gasteiger partial charge in [0.05, 0.1) is 0 Å². The van der Waals surface area contributed by atoms with Crippen LogP contribution in [0.2, 0.25) is 0 Å². The monoisotopic (exact) mass is 203 g/mol. The highest BCUT2D eigenvalue weighted by atomic mass is 19.3. The first-order valence-electron chi connectivity index (χ1n) is 5.64. The average molecular weight is 203 g/mol. The molecular weight excluding hydrogens is 184 g/mol. The largest absolute Gasteiger partial charge is 0.316 e. The minimum Gasteiger partial charge on any atom is -0.316 e. The SMILES string of the molecule is CCCNCC1CC2(C1)CC(F)(F)C2. The lowest BCUT2D eigenvalue weighted by atomic mass is 9.50. The van der Waals surface area contributed by atoms with E-state index in [0.717, 1.165) is 32.4 Å². The van der Waals surface area contributed by atoms with Crippen LogP contribution in [0.4, 0.5) is 8.78 Å². The fraction of sp³-hybridized carbons (Fsp3) is 1.00. The van der Waals surface area contributed by atoms with Crippen LogP contribution in [-0.4, -0.2) is 19.0 Å². The summed E-state index contributed by atoms with van der Waals surface area (Å²) in [5.74, 6) is -1.67. The standard InChI is InChI=1S/C11H19F2N/c1-2-3-14-6-9-4-10(5-9)7-11(12,13)8-10/h9,14H,2-8H2,1H3. The van der Waals surface area contributed by atoms with Crippen LogP contribution in [0.3, 0.4) is 0 Å². The Morgan fingerprint density at radius 1 is 1.29 bits per heavy atom. The van der Waals surface area contributed by atoms with Gasteiger partial charge < -0.3 is 5.32 Å². The van der Waals surface area contributed by atoms with Crippen molar-refractivity contribution in [3.63, 3.8) is 0 Å². The lowest BCUT2D eigenvalue weighted by Crippen LogP contribution is -2.55. The molecule has 0 saturated heterocycles. The molecule has 1 nitrogen and oxygen atoms in total. The van der Waals surface area contributed by atoms with Gasteiger partial charge in [-0.25, -0.2) is 8.78 Å². The highest BCUT2D eigenvalue weighted by molar-refractivity contribution is 5.06. The Morgan fingerprint density at radius 3 is 2.43 bits per heavy atom. The van der Waals surface area contributed by atoms with Crippen LogP contribution in [0.25, 0.3) is 0 Å². The van der Waals surface area contributed by atoms with Crippen LogP contribution in [0.15, 0.2) is 0 Å². The van der Waals surface area contributed by atoms with Crippen molar-refractivity contribution in [3.8, 4) is 0 Å². The molecule has 14 heavy (non-hydrogen) atoms. The van der Waals surface area contributed by atoms with E-state index in [1.807, 2.05) is 0 Å². The Kier molecular flexibility index (Phi) is 2.54. The molecule has 3 heteroatoms. The first-order valence-corrected chi connectivity index (χ1v) is 5.64. The molecule has 0 bridgehead atoms. The number of hydrogen-bond acceptors (Lipinski definition) is 1. The van der Waals surface area contributed by atoms with E-state index in [9.17, 15) is 8.78 Å². The van der Waals surface area contributed by atoms with E-state index in [4.69, 9.17) is 0 Å². The predicted molar refractivity (Wildman–Crippen MR) is 52.5 cm³/mol. The molecule has 2 aliphatic carbocycles. The van der Waals surface area contributed by atoms with Gasteiger partial charge in [-0.1, -0.05) is 6.92 Å². The van der Waals surface area contributed by atoms with Gasteiger partial charge in [0.2, 0.25) is 5.92 Å². The average Bonchev–Trinajstić information content (AvgIpc) is 1.97. The minimum atomic E-state index is -2.33. The van der Waals surface area contributed by atoms with E-state index >= 15 is 0 Å². The third-order valence-electron chi connectivity index (χ3n) is 3.57. The van der Waals surface area contributed by atoms with Crippen molar-refractivity contribution in [2.75, 3.05) is 13.1 Å². The third-order valence-corrected chi connectivity index (χ3v) is 3.57. The van der Waals surface area contributed by atoms with Crippen molar-refractivity contribution in [1.82, 2.24) is 5.32 Å². The summed E-state index contributed by atoms with van der Waals surface area (Å²) >= 11 is 0. The third kappa shape index (κ3) is 1.92. The lowest BCUT2D eigenvalue weighted by Gasteiger charge is -2.57. The smallest absolute Gasteiger partial charge is 0.249 e. The Bertz CT molecular complexity index is 199. The van der Waals surface area contributed by atoms with Crippen molar-refractivity contribution in [1.29, 1.82) is 0 Å². The molecule has 0 aromatic carbocycles. The summed E-state index contributed by atoms with van der Waals surface area (Å²) in [6.07, 6.45) is 3.52. The predicted octanol–water partition coefficient (Wildman–Crippen LogP) is 2.81. The van der Waals surface area contributed by atoms with Crippen molar-refractivity contribution in [2.45, 2.75) is 45.0 Å². The van der Waals surface area contributed by atoms with E-state index in [0.29, 0.717) is 5.92 Å². The van der Waals surface area contributed by atoms with Crippen LogP contribution < -0.4 is 5.32 Å². The molecule has 0 radical (unpaired) electrons. The Hall–Kier alpha value is -0.180. The molecule has 82 valence electrons. The van der Waals surface area contributed by atoms with E-state index in [1.165, 1.54) is 0 Å². The summed E-state index contributed by atoms with van der Waals surface area (Å²) in [6.45, 7) is 4.22. The highest BCUT2D eigenvalue weighted by Crippen LogP contribution is 2.64. The number of halogens is 2. The summed E-state index contributed by atoms with van der Waals surface area (Å²) in [7, 11) is 0. The summed E-state index contributed by atoms with van der Waals surface area (Å²) in [6, 6.07) is 0. The molecule has 0 atom stereocenters. The maximum absolute atomic E-state index is 12.7. The molecule has 2 saturated carbocycles. The Labute approximate surface area is 84.3 Å². The Balaban J connectivity index is 1.61. The molecule has 2 rings (SSSR count). The molecule has 1 N–H and O–H groups in total. The van der Waals surface area contributed by atoms with Crippen molar-refractivity contribution >= 4 is 0 Å². The van der Waals surface area contributed by atoms with Gasteiger partial charge in [0.1, 0.15) is 0 Å². The fourth-order valence-electron chi connectivity index (χ4n) is 3.13. The normalized spacial score (nSPS) is 28.5. The quantitative estimate of drug-likeness (QED) is 0.693. The van der Waals surface area contributed by atoms with Gasteiger partial charge in [-0.3, -0.25) is 0 Å². The summed E-state index contributed by atoms with van der Waals surface area (Å²) in [5.41, 5.74) is 0.0576. The van der Waals surface area contributed by atoms with Crippen LogP contribution >= 0.6 is 0 Å². The van der Waals surface area contributed by atoms with Crippen molar-refractivity contribution in [2.24, 2.45) is 11.3 Å². The molecular formula is C11H19F2N. The Morgan fingerprint density at radius 2 is 1.93 bits per heavy atom. The number of alkyl halides is 2. The van der Waals surface area contributed by atoms with Crippen LogP contribution in [0.1, 0.15) is 39.0 Å². The fourth-order valence-corrected chi connectivity index (χ4v) is 3.13. The molecule has 2 aliphatic rings. The van der Waals surface area contributed by atoms with Crippen molar-refractivity contribution < 1.29 is 8.78 Å². The summed E-state index contributed by atoms with van der Waals surface area (Å²) in [5, 5.41) is 3.36. The second-order valence-corrected chi connectivity index (χ2v) is 5.19. The maximum atomic E-state index is 12.7. The maximum Gasteiger partial charge on any atom is 0.249 e. The molecule has 1 spiro atoms. The molecule has 0 unspecified atom stereocenters. The van der Waals surface area contributed by atoms with E-state index in [2.05, 4.69) is 12.2 Å². The van der Waals surface area contributed by atoms with E-state index in [1.54, 1.807) is 0 Å². The molecule has 0 aromatic heterocycles. The lowest BCUT2D eigenvalue weighted by molar-refractivity contribution is -0.205. The molecule has 0 heterocycles. The van der Waals surface area contributed by atoms with Gasteiger partial charge in [-0.05, 0) is 43.7 Å². The highest BCUT2D eigenvalue weighted by Gasteiger charge is 2.61. The molecule has 0 aliphatic heterocycles. The molecule has 2 fully saturated rings. The first-order chi connectivity index (χ1) is 6.55. The molecule has 0 aromatic rings. The van der Waals surface area contributed by atoms with Gasteiger partial charge in [0, 0.05) is 12.8 Å². The van der Waals surface area contributed by atoms with Crippen LogP contribution in [-0.2, 0) is 0 Å². The topological polar surface area (TPSA) is 12.0 Å². The van der Waals surface area contributed by atoms with Gasteiger partial charge >= 0.3 is 0 Å². The zero-order chi connectivity index (χ0) is 10.2. The van der Waals surface area contributed by atoms with Gasteiger partial charge in [-0.15, -0.1) is 0 Å². The summed E-state index contributed by atoms with van der Waals surface area (Å²) in [4.78, 5) is 0. The van der Waals surface area contributed by atoms with Gasteiger partial charge in [0.25, 0.3) is 0 Å². The second-order valence-electron chi connectivity index (χ2n) is 5.19. The van der Waals surface area contributed by atoms with Gasteiger partial charge in [-0.2, -0.15) is 0 Å². The number of rotatable bonds is 4. The van der Waals surface area contributed by atoms with E-state index < -0.39 is 5.92 Å². The zero-order valence-electron chi connectivity index (χ0n) is 8.78. The summed E-state index contributed by atoms with van der Waals surface area (Å²) < 4.78 is 25.3. The molecule has 0 amide bonds. The minimum absolute atomic E-state index is 0.0576. The zero-order valence-corrected chi connectivity index (χ0v) is 8.78. The second kappa shape index (κ2) is 3.44. The van der Waals surface area contributed by atoms with Gasteiger partial charge in [0.15, 0.2) is 0 Å². The van der Waals surface area contributed by atoms with Crippen LogP contribution in [0, 0.1) is 11.3 Å². The van der Waals surface area contributed by atoms with Crippen LogP contribution in [0.5, 0.6) is 0 Å².